The lowest BCUT2D eigenvalue weighted by Crippen LogP contribution is -2.23. The summed E-state index contributed by atoms with van der Waals surface area (Å²) in [6.45, 7) is 1.36. The number of halogens is 2. The van der Waals surface area contributed by atoms with Crippen molar-refractivity contribution in [3.63, 3.8) is 0 Å². The molecule has 1 aromatic carbocycles. The quantitative estimate of drug-likeness (QED) is 0.667. The van der Waals surface area contributed by atoms with Gasteiger partial charge in [-0.2, -0.15) is 0 Å². The molecule has 0 radical (unpaired) electrons. The normalized spacial score (nSPS) is 13.9. The van der Waals surface area contributed by atoms with E-state index >= 15 is 0 Å². The van der Waals surface area contributed by atoms with Crippen LogP contribution in [-0.2, 0) is 4.79 Å². The minimum atomic E-state index is -1.15. The Hall–Kier alpha value is -1.33. The SMILES string of the molecule is CC(CC(C(=O)O)c1ccc(Cl)cc1Cl)[N+](=O)[O-]. The van der Waals surface area contributed by atoms with E-state index in [4.69, 9.17) is 28.3 Å². The molecule has 0 bridgehead atoms. The number of aliphatic carboxylic acids is 1. The van der Waals surface area contributed by atoms with Gasteiger partial charge in [-0.3, -0.25) is 14.9 Å². The fraction of sp³-hybridized carbons (Fsp3) is 0.364. The molecule has 98 valence electrons. The second-order valence-electron chi connectivity index (χ2n) is 3.93. The van der Waals surface area contributed by atoms with E-state index in [1.165, 1.54) is 25.1 Å². The molecule has 0 fully saturated rings. The molecule has 5 nitrogen and oxygen atoms in total. The predicted octanol–water partition coefficient (Wildman–Crippen LogP) is 3.22. The van der Waals surface area contributed by atoms with Crippen molar-refractivity contribution in [2.45, 2.75) is 25.3 Å². The molecule has 0 spiro atoms. The summed E-state index contributed by atoms with van der Waals surface area (Å²) in [6, 6.07) is 3.45. The van der Waals surface area contributed by atoms with Crippen LogP contribution in [0.3, 0.4) is 0 Å². The zero-order chi connectivity index (χ0) is 13.9. The van der Waals surface area contributed by atoms with Gasteiger partial charge in [-0.15, -0.1) is 0 Å². The van der Waals surface area contributed by atoms with Crippen molar-refractivity contribution in [1.29, 1.82) is 0 Å². The molecule has 0 heterocycles. The third-order valence-corrected chi connectivity index (χ3v) is 3.14. The average molecular weight is 292 g/mol. The van der Waals surface area contributed by atoms with Gasteiger partial charge in [0.15, 0.2) is 0 Å². The van der Waals surface area contributed by atoms with E-state index in [0.29, 0.717) is 10.6 Å². The maximum absolute atomic E-state index is 11.2. The van der Waals surface area contributed by atoms with Crippen LogP contribution >= 0.6 is 23.2 Å². The van der Waals surface area contributed by atoms with Crippen LogP contribution in [0.2, 0.25) is 10.0 Å². The molecule has 1 rings (SSSR count). The summed E-state index contributed by atoms with van der Waals surface area (Å²) in [4.78, 5) is 21.3. The van der Waals surface area contributed by atoms with Crippen LogP contribution in [0, 0.1) is 10.1 Å². The minimum Gasteiger partial charge on any atom is -0.481 e. The van der Waals surface area contributed by atoms with Crippen molar-refractivity contribution < 1.29 is 14.8 Å². The Morgan fingerprint density at radius 3 is 2.56 bits per heavy atom. The molecule has 0 aromatic heterocycles. The molecule has 0 amide bonds. The van der Waals surface area contributed by atoms with E-state index in [-0.39, 0.29) is 11.4 Å². The first-order valence-electron chi connectivity index (χ1n) is 5.14. The lowest BCUT2D eigenvalue weighted by molar-refractivity contribution is -0.519. The summed E-state index contributed by atoms with van der Waals surface area (Å²) in [5.74, 6) is -2.16. The van der Waals surface area contributed by atoms with Gasteiger partial charge in [0.1, 0.15) is 0 Å². The summed E-state index contributed by atoms with van der Waals surface area (Å²) in [5, 5.41) is 20.3. The molecule has 2 unspecified atom stereocenters. The van der Waals surface area contributed by atoms with E-state index in [0.717, 1.165) is 0 Å². The van der Waals surface area contributed by atoms with Crippen molar-refractivity contribution in [1.82, 2.24) is 0 Å². The number of rotatable bonds is 5. The third kappa shape index (κ3) is 3.58. The zero-order valence-corrected chi connectivity index (χ0v) is 11.0. The number of carboxylic acids is 1. The number of carbonyl (C=O) groups is 1. The molecule has 18 heavy (non-hydrogen) atoms. The van der Waals surface area contributed by atoms with Crippen LogP contribution in [0.4, 0.5) is 0 Å². The van der Waals surface area contributed by atoms with Gasteiger partial charge in [-0.25, -0.2) is 0 Å². The van der Waals surface area contributed by atoms with Crippen molar-refractivity contribution in [2.75, 3.05) is 0 Å². The molecule has 2 atom stereocenters. The molecule has 1 N–H and O–H groups in total. The Morgan fingerprint density at radius 1 is 1.50 bits per heavy atom. The van der Waals surface area contributed by atoms with Crippen molar-refractivity contribution in [3.8, 4) is 0 Å². The lowest BCUT2D eigenvalue weighted by Gasteiger charge is -2.15. The monoisotopic (exact) mass is 291 g/mol. The first-order valence-corrected chi connectivity index (χ1v) is 5.89. The lowest BCUT2D eigenvalue weighted by atomic mass is 9.93. The number of benzene rings is 1. The zero-order valence-electron chi connectivity index (χ0n) is 9.47. The number of hydrogen-bond acceptors (Lipinski definition) is 3. The summed E-state index contributed by atoms with van der Waals surface area (Å²) < 4.78 is 0. The fourth-order valence-electron chi connectivity index (χ4n) is 1.57. The molecule has 0 aliphatic heterocycles. The number of hydrogen-bond donors (Lipinski definition) is 1. The molecule has 0 aliphatic rings. The number of nitrogens with zero attached hydrogens (tertiary/aromatic N) is 1. The predicted molar refractivity (Wildman–Crippen MR) is 67.9 cm³/mol. The van der Waals surface area contributed by atoms with Gasteiger partial charge in [0.05, 0.1) is 5.92 Å². The van der Waals surface area contributed by atoms with Gasteiger partial charge in [-0.05, 0) is 17.7 Å². The maximum atomic E-state index is 11.2. The first kappa shape index (κ1) is 14.7. The fourth-order valence-corrected chi connectivity index (χ4v) is 2.11. The van der Waals surface area contributed by atoms with Gasteiger partial charge >= 0.3 is 5.97 Å². The Balaban J connectivity index is 3.05. The molecule has 7 heteroatoms. The van der Waals surface area contributed by atoms with Gasteiger partial charge in [0.2, 0.25) is 6.04 Å². The summed E-state index contributed by atoms with van der Waals surface area (Å²) in [6.07, 6.45) is -0.121. The van der Waals surface area contributed by atoms with E-state index in [9.17, 15) is 14.9 Å². The minimum absolute atomic E-state index is 0.121. The Bertz CT molecular complexity index is 478. The summed E-state index contributed by atoms with van der Waals surface area (Å²) in [5.41, 5.74) is 0.335. The van der Waals surface area contributed by atoms with E-state index < -0.39 is 22.9 Å². The van der Waals surface area contributed by atoms with Crippen LogP contribution in [0.15, 0.2) is 18.2 Å². The Morgan fingerprint density at radius 2 is 2.11 bits per heavy atom. The second kappa shape index (κ2) is 6.02. The van der Waals surface area contributed by atoms with Crippen LogP contribution in [-0.4, -0.2) is 22.0 Å². The topological polar surface area (TPSA) is 80.4 Å². The standard InChI is InChI=1S/C11H11Cl2NO4/c1-6(14(17)18)4-9(11(15)16)8-3-2-7(12)5-10(8)13/h2-3,5-6,9H,4H2,1H3,(H,15,16). The first-order chi connectivity index (χ1) is 8.32. The molecule has 0 saturated heterocycles. The smallest absolute Gasteiger partial charge is 0.311 e. The van der Waals surface area contributed by atoms with Crippen molar-refractivity contribution in [2.24, 2.45) is 0 Å². The highest BCUT2D eigenvalue weighted by Crippen LogP contribution is 2.31. The summed E-state index contributed by atoms with van der Waals surface area (Å²) >= 11 is 11.6. The van der Waals surface area contributed by atoms with Gasteiger partial charge < -0.3 is 5.11 Å². The Kier molecular flexibility index (Phi) is 4.93. The van der Waals surface area contributed by atoms with Crippen molar-refractivity contribution in [3.05, 3.63) is 43.9 Å². The van der Waals surface area contributed by atoms with E-state index in [2.05, 4.69) is 0 Å². The van der Waals surface area contributed by atoms with Crippen molar-refractivity contribution >= 4 is 29.2 Å². The molecule has 0 aliphatic carbocycles. The highest BCUT2D eigenvalue weighted by molar-refractivity contribution is 6.35. The average Bonchev–Trinajstić information content (AvgIpc) is 2.26. The highest BCUT2D eigenvalue weighted by Gasteiger charge is 2.28. The largest absolute Gasteiger partial charge is 0.481 e. The van der Waals surface area contributed by atoms with Gasteiger partial charge in [-0.1, -0.05) is 29.3 Å². The van der Waals surface area contributed by atoms with Crippen LogP contribution < -0.4 is 0 Å². The highest BCUT2D eigenvalue weighted by atomic mass is 35.5. The molecular weight excluding hydrogens is 281 g/mol. The Labute approximate surface area is 113 Å². The second-order valence-corrected chi connectivity index (χ2v) is 4.77. The molecule has 0 saturated carbocycles. The van der Waals surface area contributed by atoms with E-state index in [1.807, 2.05) is 0 Å². The maximum Gasteiger partial charge on any atom is 0.311 e. The summed E-state index contributed by atoms with van der Waals surface area (Å²) in [7, 11) is 0. The number of nitro groups is 1. The van der Waals surface area contributed by atoms with E-state index in [1.54, 1.807) is 0 Å². The molecule has 1 aromatic rings. The van der Waals surface area contributed by atoms with Crippen LogP contribution in [0.5, 0.6) is 0 Å². The third-order valence-electron chi connectivity index (χ3n) is 2.57. The van der Waals surface area contributed by atoms with Crippen LogP contribution in [0.1, 0.15) is 24.8 Å². The van der Waals surface area contributed by atoms with Crippen LogP contribution in [0.25, 0.3) is 0 Å². The number of carboxylic acid groups (broad SMARTS) is 1. The van der Waals surface area contributed by atoms with Gasteiger partial charge in [0.25, 0.3) is 0 Å². The molecular formula is C11H11Cl2NO4. The van der Waals surface area contributed by atoms with Gasteiger partial charge in [0, 0.05) is 28.3 Å².